The molecule has 0 saturated carbocycles. The molecule has 0 aliphatic heterocycles. The second-order valence-electron chi connectivity index (χ2n) is 4.84. The fraction of sp³-hybridized carbons (Fsp3) is 0.0714. The van der Waals surface area contributed by atoms with E-state index in [9.17, 15) is 28.1 Å². The van der Waals surface area contributed by atoms with Crippen molar-refractivity contribution in [1.29, 1.82) is 0 Å². The van der Waals surface area contributed by atoms with Crippen LogP contribution in [0.25, 0.3) is 11.5 Å². The Morgan fingerprint density at radius 1 is 1.15 bits per heavy atom. The number of benzene rings is 1. The first kappa shape index (κ1) is 17.5. The molecule has 2 heterocycles. The number of rotatable bonds is 4. The lowest BCUT2D eigenvalue weighted by atomic mass is 10.1. The van der Waals surface area contributed by atoms with Gasteiger partial charge in [0.1, 0.15) is 0 Å². The van der Waals surface area contributed by atoms with Gasteiger partial charge in [-0.2, -0.15) is 13.2 Å². The minimum atomic E-state index is -4.46. The van der Waals surface area contributed by atoms with Gasteiger partial charge in [0, 0.05) is 11.6 Å². The number of thiophene rings is 1. The van der Waals surface area contributed by atoms with Crippen LogP contribution in [0.1, 0.15) is 15.2 Å². The van der Waals surface area contributed by atoms with Gasteiger partial charge in [0.05, 0.1) is 15.4 Å². The summed E-state index contributed by atoms with van der Waals surface area (Å²) in [5.74, 6) is -0.781. The van der Waals surface area contributed by atoms with Gasteiger partial charge in [-0.25, -0.2) is 0 Å². The second kappa shape index (κ2) is 6.55. The van der Waals surface area contributed by atoms with Gasteiger partial charge < -0.3 is 4.42 Å². The van der Waals surface area contributed by atoms with Gasteiger partial charge in [0.2, 0.25) is 5.89 Å². The number of nitro groups is 1. The molecule has 12 heteroatoms. The predicted molar refractivity (Wildman–Crippen MR) is 83.7 cm³/mol. The summed E-state index contributed by atoms with van der Waals surface area (Å²) in [6, 6.07) is 6.20. The van der Waals surface area contributed by atoms with Gasteiger partial charge >= 0.3 is 17.2 Å². The lowest BCUT2D eigenvalue weighted by molar-refractivity contribution is -0.380. The lowest BCUT2D eigenvalue weighted by Gasteiger charge is -2.05. The minimum Gasteiger partial charge on any atom is -0.403 e. The summed E-state index contributed by atoms with van der Waals surface area (Å²) in [4.78, 5) is 22.0. The fourth-order valence-corrected chi connectivity index (χ4v) is 2.61. The first-order valence-electron chi connectivity index (χ1n) is 6.81. The summed E-state index contributed by atoms with van der Waals surface area (Å²) in [7, 11) is 0. The Morgan fingerprint density at radius 2 is 1.85 bits per heavy atom. The normalized spacial score (nSPS) is 11.3. The molecule has 1 aromatic carbocycles. The number of halogens is 3. The Hall–Kier alpha value is -3.28. The van der Waals surface area contributed by atoms with Crippen molar-refractivity contribution in [3.8, 4) is 11.5 Å². The molecule has 0 aliphatic carbocycles. The molecule has 0 fully saturated rings. The van der Waals surface area contributed by atoms with Gasteiger partial charge in [-0.3, -0.25) is 20.2 Å². The minimum absolute atomic E-state index is 0.0611. The van der Waals surface area contributed by atoms with Crippen LogP contribution in [0.15, 0.2) is 40.8 Å². The zero-order valence-electron chi connectivity index (χ0n) is 12.5. The summed E-state index contributed by atoms with van der Waals surface area (Å²) in [5, 5.41) is 19.9. The molecule has 134 valence electrons. The average molecular weight is 384 g/mol. The van der Waals surface area contributed by atoms with Crippen LogP contribution in [-0.2, 0) is 6.18 Å². The molecule has 1 N–H and O–H groups in total. The number of anilines is 1. The average Bonchev–Trinajstić information content (AvgIpc) is 3.23. The highest BCUT2D eigenvalue weighted by atomic mass is 32.1. The molecule has 3 rings (SSSR count). The zero-order chi connectivity index (χ0) is 18.9. The molecule has 0 aliphatic rings. The van der Waals surface area contributed by atoms with Crippen LogP contribution in [0.2, 0.25) is 0 Å². The molecular weight excluding hydrogens is 377 g/mol. The van der Waals surface area contributed by atoms with E-state index in [1.165, 1.54) is 12.1 Å². The Balaban J connectivity index is 1.73. The van der Waals surface area contributed by atoms with Gasteiger partial charge in [-0.05, 0) is 30.3 Å². The van der Waals surface area contributed by atoms with Gasteiger partial charge in [0.15, 0.2) is 0 Å². The topological polar surface area (TPSA) is 111 Å². The molecule has 26 heavy (non-hydrogen) atoms. The summed E-state index contributed by atoms with van der Waals surface area (Å²) in [5.41, 5.74) is -0.591. The molecule has 0 unspecified atom stereocenters. The van der Waals surface area contributed by atoms with Gasteiger partial charge in [-0.1, -0.05) is 16.4 Å². The van der Waals surface area contributed by atoms with Crippen molar-refractivity contribution in [1.82, 2.24) is 10.2 Å². The lowest BCUT2D eigenvalue weighted by Crippen LogP contribution is -2.10. The van der Waals surface area contributed by atoms with E-state index in [1.807, 2.05) is 0 Å². The third-order valence-electron chi connectivity index (χ3n) is 3.10. The Labute approximate surface area is 146 Å². The number of hydrogen-bond donors (Lipinski definition) is 1. The molecule has 0 spiro atoms. The first-order chi connectivity index (χ1) is 12.2. The van der Waals surface area contributed by atoms with Crippen LogP contribution in [0, 0.1) is 10.1 Å². The van der Waals surface area contributed by atoms with Crippen molar-refractivity contribution in [3.05, 3.63) is 57.0 Å². The standard InChI is InChI=1S/C14H7F3N4O4S/c15-14(16,17)8-3-1-7(2-4-8)12-19-20-13(25-12)18-11(22)9-5-6-10(26-9)21(23)24/h1-6H,(H,18,20,22). The molecule has 2 aromatic heterocycles. The quantitative estimate of drug-likeness (QED) is 0.538. The Kier molecular flexibility index (Phi) is 4.42. The van der Waals surface area contributed by atoms with E-state index in [1.54, 1.807) is 0 Å². The molecule has 1 amide bonds. The molecule has 0 atom stereocenters. The molecule has 0 bridgehead atoms. The third kappa shape index (κ3) is 3.69. The van der Waals surface area contributed by atoms with E-state index < -0.39 is 22.6 Å². The van der Waals surface area contributed by atoms with Crippen LogP contribution < -0.4 is 5.32 Å². The molecule has 0 saturated heterocycles. The van der Waals surface area contributed by atoms with Crippen molar-refractivity contribution in [2.45, 2.75) is 6.18 Å². The van der Waals surface area contributed by atoms with E-state index >= 15 is 0 Å². The smallest absolute Gasteiger partial charge is 0.403 e. The maximum absolute atomic E-state index is 12.5. The molecular formula is C14H7F3N4O4S. The van der Waals surface area contributed by atoms with Crippen LogP contribution in [0.5, 0.6) is 0 Å². The Bertz CT molecular complexity index is 965. The van der Waals surface area contributed by atoms with Crippen molar-refractivity contribution < 1.29 is 27.3 Å². The van der Waals surface area contributed by atoms with Crippen molar-refractivity contribution in [2.75, 3.05) is 5.32 Å². The van der Waals surface area contributed by atoms with Gasteiger partial charge in [-0.15, -0.1) is 5.10 Å². The zero-order valence-corrected chi connectivity index (χ0v) is 13.3. The first-order valence-corrected chi connectivity index (χ1v) is 7.62. The maximum atomic E-state index is 12.5. The number of amides is 1. The van der Waals surface area contributed by atoms with Crippen molar-refractivity contribution in [2.24, 2.45) is 0 Å². The number of alkyl halides is 3. The summed E-state index contributed by atoms with van der Waals surface area (Å²) < 4.78 is 42.8. The summed E-state index contributed by atoms with van der Waals surface area (Å²) >= 11 is 0.668. The van der Waals surface area contributed by atoms with E-state index in [-0.39, 0.29) is 27.3 Å². The summed E-state index contributed by atoms with van der Waals surface area (Å²) in [6.45, 7) is 0. The fourth-order valence-electron chi connectivity index (χ4n) is 1.90. The maximum Gasteiger partial charge on any atom is 0.416 e. The van der Waals surface area contributed by atoms with E-state index in [2.05, 4.69) is 15.5 Å². The number of aromatic nitrogens is 2. The van der Waals surface area contributed by atoms with Crippen LogP contribution in [0.3, 0.4) is 0 Å². The highest BCUT2D eigenvalue weighted by Gasteiger charge is 2.30. The van der Waals surface area contributed by atoms with Crippen LogP contribution in [0.4, 0.5) is 24.2 Å². The number of carbonyl (C=O) groups is 1. The van der Waals surface area contributed by atoms with Gasteiger partial charge in [0.25, 0.3) is 5.91 Å². The van der Waals surface area contributed by atoms with E-state index in [4.69, 9.17) is 4.42 Å². The van der Waals surface area contributed by atoms with Crippen molar-refractivity contribution in [3.63, 3.8) is 0 Å². The summed E-state index contributed by atoms with van der Waals surface area (Å²) in [6.07, 6.45) is -4.46. The van der Waals surface area contributed by atoms with Crippen LogP contribution >= 0.6 is 11.3 Å². The number of nitrogens with one attached hydrogen (secondary N) is 1. The van der Waals surface area contributed by atoms with E-state index in [0.29, 0.717) is 11.3 Å². The predicted octanol–water partition coefficient (Wildman–Crippen LogP) is 3.98. The van der Waals surface area contributed by atoms with Crippen molar-refractivity contribution >= 4 is 28.3 Å². The highest BCUT2D eigenvalue weighted by Crippen LogP contribution is 2.31. The number of nitrogens with zero attached hydrogens (tertiary/aromatic N) is 3. The van der Waals surface area contributed by atoms with E-state index in [0.717, 1.165) is 24.3 Å². The van der Waals surface area contributed by atoms with Crippen LogP contribution in [-0.4, -0.2) is 21.0 Å². The Morgan fingerprint density at radius 3 is 2.42 bits per heavy atom. The third-order valence-corrected chi connectivity index (χ3v) is 4.14. The molecule has 0 radical (unpaired) electrons. The molecule has 3 aromatic rings. The number of hydrogen-bond acceptors (Lipinski definition) is 7. The second-order valence-corrected chi connectivity index (χ2v) is 5.90. The molecule has 8 nitrogen and oxygen atoms in total. The number of carbonyl (C=O) groups excluding carboxylic acids is 1. The largest absolute Gasteiger partial charge is 0.416 e. The SMILES string of the molecule is O=C(Nc1nnc(-c2ccc(C(F)(F)F)cc2)o1)c1ccc([N+](=O)[O-])s1. The monoisotopic (exact) mass is 384 g/mol. The highest BCUT2D eigenvalue weighted by molar-refractivity contribution is 7.17.